The number of ether oxygens (including phenoxy) is 3. The van der Waals surface area contributed by atoms with Gasteiger partial charge in [-0.15, -0.1) is 0 Å². The van der Waals surface area contributed by atoms with E-state index in [1.807, 2.05) is 31.2 Å². The highest BCUT2D eigenvalue weighted by Gasteiger charge is 2.47. The maximum Gasteiger partial charge on any atom is 0.300 e. The molecule has 0 radical (unpaired) electrons. The highest BCUT2D eigenvalue weighted by molar-refractivity contribution is 6.51. The Labute approximate surface area is 215 Å². The number of hydrogen-bond acceptors (Lipinski definition) is 6. The van der Waals surface area contributed by atoms with Gasteiger partial charge in [-0.2, -0.15) is 0 Å². The van der Waals surface area contributed by atoms with Crippen LogP contribution in [-0.4, -0.2) is 36.6 Å². The third-order valence-corrected chi connectivity index (χ3v) is 6.60. The number of ketones is 1. The molecule has 0 aromatic heterocycles. The van der Waals surface area contributed by atoms with Gasteiger partial charge in [-0.3, -0.25) is 14.5 Å². The van der Waals surface area contributed by atoms with Crippen molar-refractivity contribution in [2.45, 2.75) is 32.7 Å². The van der Waals surface area contributed by atoms with Gasteiger partial charge in [0.25, 0.3) is 11.7 Å². The summed E-state index contributed by atoms with van der Waals surface area (Å²) in [5, 5.41) is 11.4. The Morgan fingerprint density at radius 2 is 1.65 bits per heavy atom. The van der Waals surface area contributed by atoms with Crippen LogP contribution in [0.25, 0.3) is 5.76 Å². The van der Waals surface area contributed by atoms with E-state index in [2.05, 4.69) is 13.8 Å². The Morgan fingerprint density at radius 3 is 2.30 bits per heavy atom. The Bertz CT molecular complexity index is 1360. The quantitative estimate of drug-likeness (QED) is 0.270. The van der Waals surface area contributed by atoms with Crippen LogP contribution in [0.15, 0.2) is 72.3 Å². The van der Waals surface area contributed by atoms with Gasteiger partial charge >= 0.3 is 0 Å². The van der Waals surface area contributed by atoms with E-state index in [1.54, 1.807) is 42.5 Å². The number of Topliss-reactive ketones (excluding diaryl/α,β-unsaturated/α-hetero) is 1. The molecule has 0 bridgehead atoms. The van der Waals surface area contributed by atoms with Crippen molar-refractivity contribution in [3.8, 4) is 17.2 Å². The summed E-state index contributed by atoms with van der Waals surface area (Å²) in [5.41, 5.74) is 2.78. The van der Waals surface area contributed by atoms with Crippen LogP contribution in [0.2, 0.25) is 0 Å². The fourth-order valence-electron chi connectivity index (χ4n) is 4.69. The van der Waals surface area contributed by atoms with Crippen LogP contribution in [0.3, 0.4) is 0 Å². The van der Waals surface area contributed by atoms with E-state index in [4.69, 9.17) is 14.2 Å². The van der Waals surface area contributed by atoms with Crippen molar-refractivity contribution >= 4 is 23.1 Å². The van der Waals surface area contributed by atoms with Gasteiger partial charge in [-0.05, 0) is 66.4 Å². The van der Waals surface area contributed by atoms with Crippen LogP contribution in [0.4, 0.5) is 5.69 Å². The Kier molecular flexibility index (Phi) is 6.61. The molecule has 2 aliphatic heterocycles. The lowest BCUT2D eigenvalue weighted by atomic mass is 9.93. The minimum atomic E-state index is -0.813. The van der Waals surface area contributed by atoms with Crippen LogP contribution in [0.1, 0.15) is 49.4 Å². The Hall–Kier alpha value is -4.26. The molecule has 1 unspecified atom stereocenters. The zero-order chi connectivity index (χ0) is 26.1. The summed E-state index contributed by atoms with van der Waals surface area (Å²) in [6.45, 7) is 7.44. The van der Waals surface area contributed by atoms with E-state index < -0.39 is 17.7 Å². The molecule has 3 aromatic carbocycles. The van der Waals surface area contributed by atoms with Crippen LogP contribution in [-0.2, 0) is 9.59 Å². The molecule has 7 heteroatoms. The number of aliphatic hydroxyl groups excluding tert-OH is 1. The third-order valence-electron chi connectivity index (χ3n) is 6.60. The molecular formula is C30H29NO6. The lowest BCUT2D eigenvalue weighted by Gasteiger charge is -2.26. The Balaban J connectivity index is 1.64. The van der Waals surface area contributed by atoms with Crippen molar-refractivity contribution in [3.63, 3.8) is 0 Å². The number of benzene rings is 3. The third kappa shape index (κ3) is 4.53. The maximum absolute atomic E-state index is 13.4. The summed E-state index contributed by atoms with van der Waals surface area (Å²) >= 11 is 0. The first kappa shape index (κ1) is 24.4. The van der Waals surface area contributed by atoms with Gasteiger partial charge in [0.2, 0.25) is 0 Å². The summed E-state index contributed by atoms with van der Waals surface area (Å²) < 4.78 is 16.8. The zero-order valence-corrected chi connectivity index (χ0v) is 21.1. The number of rotatable bonds is 6. The average molecular weight is 500 g/mol. The first-order valence-corrected chi connectivity index (χ1v) is 12.4. The van der Waals surface area contributed by atoms with Gasteiger partial charge in [0.1, 0.15) is 24.7 Å². The summed E-state index contributed by atoms with van der Waals surface area (Å²) in [6.07, 6.45) is 0. The number of aliphatic hydroxyl groups is 1. The smallest absolute Gasteiger partial charge is 0.300 e. The molecule has 1 saturated heterocycles. The Morgan fingerprint density at radius 1 is 0.973 bits per heavy atom. The van der Waals surface area contributed by atoms with Crippen LogP contribution >= 0.6 is 0 Å². The van der Waals surface area contributed by atoms with Crippen molar-refractivity contribution in [2.75, 3.05) is 24.7 Å². The molecule has 2 heterocycles. The van der Waals surface area contributed by atoms with Crippen molar-refractivity contribution in [1.82, 2.24) is 0 Å². The summed E-state index contributed by atoms with van der Waals surface area (Å²) in [4.78, 5) is 28.3. The van der Waals surface area contributed by atoms with Gasteiger partial charge in [0.15, 0.2) is 11.5 Å². The normalized spacial score (nSPS) is 18.4. The molecular weight excluding hydrogens is 470 g/mol. The molecule has 1 fully saturated rings. The lowest BCUT2D eigenvalue weighted by Crippen LogP contribution is -2.29. The predicted octanol–water partition coefficient (Wildman–Crippen LogP) is 5.61. The number of fused-ring (bicyclic) bond motifs is 1. The first-order chi connectivity index (χ1) is 17.9. The van der Waals surface area contributed by atoms with Crippen LogP contribution in [0, 0.1) is 0 Å². The van der Waals surface area contributed by atoms with Crippen molar-refractivity contribution in [2.24, 2.45) is 0 Å². The minimum absolute atomic E-state index is 0.0212. The molecule has 3 aromatic rings. The second kappa shape index (κ2) is 10.0. The molecule has 0 spiro atoms. The van der Waals surface area contributed by atoms with E-state index >= 15 is 0 Å². The molecule has 1 atom stereocenters. The second-order valence-corrected chi connectivity index (χ2v) is 9.28. The van der Waals surface area contributed by atoms with Gasteiger partial charge in [-0.25, -0.2) is 0 Å². The van der Waals surface area contributed by atoms with Gasteiger partial charge < -0.3 is 19.3 Å². The second-order valence-electron chi connectivity index (χ2n) is 9.28. The number of anilines is 1. The number of carbonyl (C=O) groups excluding carboxylic acids is 2. The van der Waals surface area contributed by atoms with Gasteiger partial charge in [0, 0.05) is 11.3 Å². The fourth-order valence-corrected chi connectivity index (χ4v) is 4.69. The van der Waals surface area contributed by atoms with E-state index in [1.165, 1.54) is 4.90 Å². The molecule has 5 rings (SSSR count). The van der Waals surface area contributed by atoms with E-state index in [0.29, 0.717) is 54.2 Å². The molecule has 7 nitrogen and oxygen atoms in total. The molecule has 2 aliphatic rings. The molecule has 1 N–H and O–H groups in total. The van der Waals surface area contributed by atoms with Crippen molar-refractivity contribution < 1.29 is 28.9 Å². The van der Waals surface area contributed by atoms with Crippen molar-refractivity contribution in [3.05, 3.63) is 89.0 Å². The number of amides is 1. The number of carbonyl (C=O) groups is 2. The molecule has 190 valence electrons. The topological polar surface area (TPSA) is 85.3 Å². The van der Waals surface area contributed by atoms with Gasteiger partial charge in [0.05, 0.1) is 18.2 Å². The predicted molar refractivity (Wildman–Crippen MR) is 140 cm³/mol. The monoisotopic (exact) mass is 499 g/mol. The summed E-state index contributed by atoms with van der Waals surface area (Å²) in [5.74, 6) is 0.315. The highest BCUT2D eigenvalue weighted by Crippen LogP contribution is 2.43. The average Bonchev–Trinajstić information content (AvgIpc) is 3.18. The largest absolute Gasteiger partial charge is 0.507 e. The van der Waals surface area contributed by atoms with Crippen LogP contribution < -0.4 is 19.1 Å². The molecule has 37 heavy (non-hydrogen) atoms. The minimum Gasteiger partial charge on any atom is -0.507 e. The SMILES string of the molecule is CCOc1ccc(N2C(=O)C(=O)/C(=C(\O)c3ccc4c(c3)OCCO4)C2c2ccc(C(C)C)cc2)cc1. The van der Waals surface area contributed by atoms with E-state index in [0.717, 1.165) is 11.1 Å². The maximum atomic E-state index is 13.4. The molecule has 0 aliphatic carbocycles. The number of hydrogen-bond donors (Lipinski definition) is 1. The fraction of sp³-hybridized carbons (Fsp3) is 0.267. The molecule has 0 saturated carbocycles. The summed E-state index contributed by atoms with van der Waals surface area (Å²) in [6, 6.07) is 19.0. The highest BCUT2D eigenvalue weighted by atomic mass is 16.6. The lowest BCUT2D eigenvalue weighted by molar-refractivity contribution is -0.132. The summed E-state index contributed by atoms with van der Waals surface area (Å²) in [7, 11) is 0. The van der Waals surface area contributed by atoms with E-state index in [9.17, 15) is 14.7 Å². The standard InChI is InChI=1S/C30H29NO6/c1-4-35-23-12-10-22(11-13-23)31-27(20-7-5-19(6-8-20)18(2)3)26(29(33)30(31)34)28(32)21-9-14-24-25(17-21)37-16-15-36-24/h5-14,17-18,27,32H,4,15-16H2,1-3H3/b28-26-. The van der Waals surface area contributed by atoms with Crippen LogP contribution in [0.5, 0.6) is 17.2 Å². The first-order valence-electron chi connectivity index (χ1n) is 12.4. The van der Waals surface area contributed by atoms with Crippen molar-refractivity contribution in [1.29, 1.82) is 0 Å². The number of nitrogens with zero attached hydrogens (tertiary/aromatic N) is 1. The zero-order valence-electron chi connectivity index (χ0n) is 21.1. The van der Waals surface area contributed by atoms with Gasteiger partial charge in [-0.1, -0.05) is 38.1 Å². The molecule has 1 amide bonds. The van der Waals surface area contributed by atoms with E-state index in [-0.39, 0.29) is 11.3 Å².